The number of hydrogen-bond donors (Lipinski definition) is 0. The van der Waals surface area contributed by atoms with Crippen LogP contribution < -0.4 is 0 Å². The van der Waals surface area contributed by atoms with Crippen LogP contribution in [0.5, 0.6) is 0 Å². The van der Waals surface area contributed by atoms with E-state index in [9.17, 15) is 4.79 Å². The molecule has 0 N–H and O–H groups in total. The average molecular weight is 337 g/mol. The van der Waals surface area contributed by atoms with Gasteiger partial charge in [0.1, 0.15) is 6.04 Å². The molecule has 1 atom stereocenters. The molecule has 1 aromatic carbocycles. The largest absolute Gasteiger partial charge is 0.437 e. The number of oxazole rings is 1. The van der Waals surface area contributed by atoms with Crippen LogP contribution in [-0.4, -0.2) is 37.6 Å². The molecule has 1 aliphatic heterocycles. The second kappa shape index (κ2) is 5.84. The van der Waals surface area contributed by atoms with Gasteiger partial charge in [-0.05, 0) is 12.5 Å². The highest BCUT2D eigenvalue weighted by Gasteiger charge is 2.36. The van der Waals surface area contributed by atoms with Gasteiger partial charge in [-0.25, -0.2) is 4.98 Å². The van der Waals surface area contributed by atoms with Crippen LogP contribution in [0.15, 0.2) is 34.7 Å². The molecule has 1 amide bonds. The van der Waals surface area contributed by atoms with Crippen LogP contribution in [0.3, 0.4) is 0 Å². The highest BCUT2D eigenvalue weighted by atomic mass is 16.4. The van der Waals surface area contributed by atoms with Crippen LogP contribution in [0.2, 0.25) is 0 Å². The molecule has 7 heteroatoms. The van der Waals surface area contributed by atoms with E-state index in [4.69, 9.17) is 4.42 Å². The van der Waals surface area contributed by atoms with Gasteiger partial charge in [0.25, 0.3) is 0 Å². The Morgan fingerprint density at radius 2 is 1.96 bits per heavy atom. The first-order chi connectivity index (χ1) is 12.0. The fraction of sp³-hybridized carbons (Fsp3) is 0.333. The standard InChI is InChI=1S/C18H19N5O2/c1-11-16(25-12(2)19-11)17-21-20-15-10-22(3)18(24)14(23(15)17)9-13-7-5-4-6-8-13/h4-8,14H,9-10H2,1-3H3/t14-/m1/s1. The molecule has 3 heterocycles. The first kappa shape index (κ1) is 15.6. The number of carbonyl (C=O) groups excluding carboxylic acids is 1. The SMILES string of the molecule is Cc1nc(C)c(-c2nnc3n2[C@H](Cc2ccccc2)C(=O)N(C)C3)o1. The quantitative estimate of drug-likeness (QED) is 0.733. The zero-order valence-electron chi connectivity index (χ0n) is 14.4. The maximum atomic E-state index is 12.9. The predicted molar refractivity (Wildman–Crippen MR) is 90.7 cm³/mol. The van der Waals surface area contributed by atoms with Gasteiger partial charge in [-0.15, -0.1) is 10.2 Å². The van der Waals surface area contributed by atoms with Crippen molar-refractivity contribution in [2.45, 2.75) is 32.9 Å². The Hall–Kier alpha value is -2.96. The lowest BCUT2D eigenvalue weighted by Crippen LogP contribution is -2.41. The Morgan fingerprint density at radius 1 is 1.20 bits per heavy atom. The Balaban J connectivity index is 1.82. The molecule has 2 aromatic heterocycles. The van der Waals surface area contributed by atoms with Crippen LogP contribution in [-0.2, 0) is 17.8 Å². The third-order valence-corrected chi connectivity index (χ3v) is 4.50. The van der Waals surface area contributed by atoms with Crippen molar-refractivity contribution in [3.8, 4) is 11.6 Å². The summed E-state index contributed by atoms with van der Waals surface area (Å²) in [7, 11) is 1.79. The highest BCUT2D eigenvalue weighted by molar-refractivity contribution is 5.82. The minimum Gasteiger partial charge on any atom is -0.437 e. The van der Waals surface area contributed by atoms with Gasteiger partial charge in [-0.2, -0.15) is 0 Å². The lowest BCUT2D eigenvalue weighted by molar-refractivity contribution is -0.135. The molecule has 1 aliphatic rings. The smallest absolute Gasteiger partial charge is 0.246 e. The number of rotatable bonds is 3. The second-order valence-electron chi connectivity index (χ2n) is 6.36. The van der Waals surface area contributed by atoms with Gasteiger partial charge < -0.3 is 9.32 Å². The normalized spacial score (nSPS) is 17.0. The third kappa shape index (κ3) is 2.61. The number of nitrogens with zero attached hydrogens (tertiary/aromatic N) is 5. The Bertz CT molecular complexity index is 928. The first-order valence-corrected chi connectivity index (χ1v) is 8.21. The molecule has 0 bridgehead atoms. The van der Waals surface area contributed by atoms with Crippen molar-refractivity contribution in [1.82, 2.24) is 24.6 Å². The van der Waals surface area contributed by atoms with Crippen LogP contribution in [0.25, 0.3) is 11.6 Å². The van der Waals surface area contributed by atoms with E-state index >= 15 is 0 Å². The fourth-order valence-corrected chi connectivity index (χ4v) is 3.32. The molecule has 4 rings (SSSR count). The number of likely N-dealkylation sites (N-methyl/N-ethyl adjacent to an activating group) is 1. The van der Waals surface area contributed by atoms with Crippen molar-refractivity contribution in [3.05, 3.63) is 53.3 Å². The molecule has 0 unspecified atom stereocenters. The van der Waals surface area contributed by atoms with E-state index in [0.717, 1.165) is 17.1 Å². The Kier molecular flexibility index (Phi) is 3.63. The summed E-state index contributed by atoms with van der Waals surface area (Å²) in [6, 6.07) is 9.57. The third-order valence-electron chi connectivity index (χ3n) is 4.50. The van der Waals surface area contributed by atoms with E-state index in [1.54, 1.807) is 18.9 Å². The molecule has 0 saturated carbocycles. The summed E-state index contributed by atoms with van der Waals surface area (Å²) in [5, 5.41) is 8.59. The zero-order valence-corrected chi connectivity index (χ0v) is 14.4. The summed E-state index contributed by atoms with van der Waals surface area (Å²) in [5.74, 6) is 2.52. The molecule has 0 fully saturated rings. The van der Waals surface area contributed by atoms with E-state index in [1.807, 2.05) is 41.8 Å². The summed E-state index contributed by atoms with van der Waals surface area (Å²) in [6.45, 7) is 4.10. The van der Waals surface area contributed by atoms with Gasteiger partial charge in [0.2, 0.25) is 11.7 Å². The molecule has 3 aromatic rings. The first-order valence-electron chi connectivity index (χ1n) is 8.21. The molecule has 25 heavy (non-hydrogen) atoms. The van der Waals surface area contributed by atoms with E-state index in [0.29, 0.717) is 30.4 Å². The topological polar surface area (TPSA) is 77.1 Å². The Labute approximate surface area is 145 Å². The summed E-state index contributed by atoms with van der Waals surface area (Å²) < 4.78 is 7.63. The number of carbonyl (C=O) groups is 1. The molecule has 128 valence electrons. The lowest BCUT2D eigenvalue weighted by atomic mass is 10.0. The molecule has 0 aliphatic carbocycles. The average Bonchev–Trinajstić information content (AvgIpc) is 3.15. The van der Waals surface area contributed by atoms with E-state index in [-0.39, 0.29) is 5.91 Å². The van der Waals surface area contributed by atoms with Gasteiger partial charge in [0.05, 0.1) is 12.2 Å². The Morgan fingerprint density at radius 3 is 2.64 bits per heavy atom. The second-order valence-corrected chi connectivity index (χ2v) is 6.36. The zero-order chi connectivity index (χ0) is 17.6. The van der Waals surface area contributed by atoms with Crippen molar-refractivity contribution in [2.75, 3.05) is 7.05 Å². The number of aromatic nitrogens is 4. The lowest BCUT2D eigenvalue weighted by Gasteiger charge is -2.31. The molecule has 7 nitrogen and oxygen atoms in total. The fourth-order valence-electron chi connectivity index (χ4n) is 3.32. The number of fused-ring (bicyclic) bond motifs is 1. The van der Waals surface area contributed by atoms with Crippen LogP contribution in [0.1, 0.15) is 29.0 Å². The van der Waals surface area contributed by atoms with Crippen LogP contribution in [0, 0.1) is 13.8 Å². The van der Waals surface area contributed by atoms with Gasteiger partial charge in [-0.3, -0.25) is 9.36 Å². The van der Waals surface area contributed by atoms with Gasteiger partial charge in [0.15, 0.2) is 17.5 Å². The molecular weight excluding hydrogens is 318 g/mol. The maximum absolute atomic E-state index is 12.9. The minimum atomic E-state index is -0.397. The van der Waals surface area contributed by atoms with Crippen molar-refractivity contribution in [3.63, 3.8) is 0 Å². The predicted octanol–water partition coefficient (Wildman–Crippen LogP) is 2.31. The number of hydrogen-bond acceptors (Lipinski definition) is 5. The van der Waals surface area contributed by atoms with Gasteiger partial charge in [-0.1, -0.05) is 30.3 Å². The van der Waals surface area contributed by atoms with Gasteiger partial charge >= 0.3 is 0 Å². The molecule has 0 radical (unpaired) electrons. The summed E-state index contributed by atoms with van der Waals surface area (Å²) in [4.78, 5) is 18.9. The van der Waals surface area contributed by atoms with Gasteiger partial charge in [0, 0.05) is 20.4 Å². The summed E-state index contributed by atoms with van der Waals surface area (Å²) in [6.07, 6.45) is 0.578. The van der Waals surface area contributed by atoms with Crippen LogP contribution in [0.4, 0.5) is 0 Å². The number of benzene rings is 1. The highest BCUT2D eigenvalue weighted by Crippen LogP contribution is 2.31. The molecule has 0 saturated heterocycles. The van der Waals surface area contributed by atoms with Crippen molar-refractivity contribution < 1.29 is 9.21 Å². The monoisotopic (exact) mass is 337 g/mol. The number of amides is 1. The van der Waals surface area contributed by atoms with Crippen molar-refractivity contribution >= 4 is 5.91 Å². The number of aryl methyl sites for hydroxylation is 2. The summed E-state index contributed by atoms with van der Waals surface area (Å²) in [5.41, 5.74) is 1.84. The maximum Gasteiger partial charge on any atom is 0.246 e. The molecular formula is C18H19N5O2. The van der Waals surface area contributed by atoms with Crippen LogP contribution >= 0.6 is 0 Å². The minimum absolute atomic E-state index is 0.0475. The van der Waals surface area contributed by atoms with E-state index < -0.39 is 6.04 Å². The molecule has 0 spiro atoms. The van der Waals surface area contributed by atoms with E-state index in [1.165, 1.54) is 0 Å². The van der Waals surface area contributed by atoms with E-state index in [2.05, 4.69) is 15.2 Å². The summed E-state index contributed by atoms with van der Waals surface area (Å²) >= 11 is 0. The van der Waals surface area contributed by atoms with Crippen molar-refractivity contribution in [2.24, 2.45) is 0 Å². The van der Waals surface area contributed by atoms with Crippen molar-refractivity contribution in [1.29, 1.82) is 0 Å².